The summed E-state index contributed by atoms with van der Waals surface area (Å²) in [6.45, 7) is 13.0. The lowest BCUT2D eigenvalue weighted by Gasteiger charge is -2.38. The molecule has 1 fully saturated rings. The van der Waals surface area contributed by atoms with E-state index in [9.17, 15) is 4.79 Å². The Morgan fingerprint density at radius 2 is 1.76 bits per heavy atom. The highest BCUT2D eigenvalue weighted by Gasteiger charge is 2.32. The number of rotatable bonds is 3. The van der Waals surface area contributed by atoms with Crippen LogP contribution in [0, 0.1) is 5.41 Å². The molecule has 0 saturated carbocycles. The number of hydrogen-bond acceptors (Lipinski definition) is 3. The predicted molar refractivity (Wildman–Crippen MR) is 70.7 cm³/mol. The van der Waals surface area contributed by atoms with E-state index in [1.807, 2.05) is 25.7 Å². The van der Waals surface area contributed by atoms with Crippen LogP contribution in [-0.2, 0) is 4.79 Å². The van der Waals surface area contributed by atoms with Crippen LogP contribution >= 0.6 is 0 Å². The van der Waals surface area contributed by atoms with Crippen molar-refractivity contribution in [1.29, 1.82) is 0 Å². The van der Waals surface area contributed by atoms with Crippen LogP contribution in [0.3, 0.4) is 0 Å². The van der Waals surface area contributed by atoms with Gasteiger partial charge in [-0.05, 0) is 18.4 Å². The molecule has 0 radical (unpaired) electrons. The van der Waals surface area contributed by atoms with E-state index < -0.39 is 0 Å². The number of carbonyl (C=O) groups excluding carboxylic acids is 1. The summed E-state index contributed by atoms with van der Waals surface area (Å²) in [7, 11) is 0. The van der Waals surface area contributed by atoms with Crippen LogP contribution in [0.1, 0.15) is 34.1 Å². The second-order valence-electron chi connectivity index (χ2n) is 6.01. The van der Waals surface area contributed by atoms with Gasteiger partial charge in [0.15, 0.2) is 0 Å². The highest BCUT2D eigenvalue weighted by Crippen LogP contribution is 2.19. The average molecular weight is 241 g/mol. The summed E-state index contributed by atoms with van der Waals surface area (Å²) in [5.74, 6) is 0.105. The van der Waals surface area contributed by atoms with Gasteiger partial charge in [-0.1, -0.05) is 27.7 Å². The maximum Gasteiger partial charge on any atom is 0.240 e. The first-order chi connectivity index (χ1) is 7.86. The Morgan fingerprint density at radius 3 is 2.18 bits per heavy atom. The van der Waals surface area contributed by atoms with Crippen molar-refractivity contribution < 1.29 is 4.79 Å². The summed E-state index contributed by atoms with van der Waals surface area (Å²) in [4.78, 5) is 16.5. The number of nitrogens with zero attached hydrogens (tertiary/aromatic N) is 2. The van der Waals surface area contributed by atoms with Crippen molar-refractivity contribution in [3.8, 4) is 0 Å². The molecule has 1 heterocycles. The van der Waals surface area contributed by atoms with Crippen molar-refractivity contribution in [2.45, 2.75) is 40.2 Å². The van der Waals surface area contributed by atoms with E-state index in [4.69, 9.17) is 5.73 Å². The van der Waals surface area contributed by atoms with E-state index in [0.29, 0.717) is 0 Å². The average Bonchev–Trinajstić information content (AvgIpc) is 2.27. The van der Waals surface area contributed by atoms with Crippen molar-refractivity contribution in [3.05, 3.63) is 0 Å². The van der Waals surface area contributed by atoms with Crippen molar-refractivity contribution in [2.75, 3.05) is 32.7 Å². The molecule has 1 amide bonds. The molecule has 0 unspecified atom stereocenters. The second-order valence-corrected chi connectivity index (χ2v) is 6.01. The standard InChI is InChI=1S/C13H27N3O/c1-5-6-15-7-9-16(10-8-15)12(17)11(14)13(2,3)4/h11H,5-10,14H2,1-4H3/t11-/m0/s1. The zero-order chi connectivity index (χ0) is 13.1. The minimum absolute atomic E-state index is 0.105. The highest BCUT2D eigenvalue weighted by molar-refractivity contribution is 5.82. The normalized spacial score (nSPS) is 20.4. The molecule has 4 heteroatoms. The fraction of sp³-hybridized carbons (Fsp3) is 0.923. The molecule has 0 aromatic rings. The van der Waals surface area contributed by atoms with Crippen molar-refractivity contribution in [1.82, 2.24) is 9.80 Å². The Morgan fingerprint density at radius 1 is 1.24 bits per heavy atom. The van der Waals surface area contributed by atoms with Crippen LogP contribution in [0.5, 0.6) is 0 Å². The van der Waals surface area contributed by atoms with E-state index in [1.54, 1.807) is 0 Å². The van der Waals surface area contributed by atoms with Crippen LogP contribution in [0.25, 0.3) is 0 Å². The first-order valence-corrected chi connectivity index (χ1v) is 6.63. The Balaban J connectivity index is 2.46. The first-order valence-electron chi connectivity index (χ1n) is 6.63. The van der Waals surface area contributed by atoms with E-state index in [2.05, 4.69) is 11.8 Å². The van der Waals surface area contributed by atoms with Gasteiger partial charge >= 0.3 is 0 Å². The molecule has 0 aromatic carbocycles. The van der Waals surface area contributed by atoms with Gasteiger partial charge in [-0.15, -0.1) is 0 Å². The zero-order valence-corrected chi connectivity index (χ0v) is 11.7. The molecular weight excluding hydrogens is 214 g/mol. The van der Waals surface area contributed by atoms with E-state index in [0.717, 1.165) is 32.7 Å². The maximum atomic E-state index is 12.2. The van der Waals surface area contributed by atoms with E-state index in [1.165, 1.54) is 6.42 Å². The summed E-state index contributed by atoms with van der Waals surface area (Å²) < 4.78 is 0. The van der Waals surface area contributed by atoms with Gasteiger partial charge in [0.2, 0.25) is 5.91 Å². The Kier molecular flexibility index (Phi) is 4.95. The van der Waals surface area contributed by atoms with Crippen LogP contribution in [0.15, 0.2) is 0 Å². The Labute approximate surface area is 105 Å². The fourth-order valence-corrected chi connectivity index (χ4v) is 2.08. The van der Waals surface area contributed by atoms with Gasteiger partial charge in [-0.2, -0.15) is 0 Å². The third-order valence-corrected chi connectivity index (χ3v) is 3.42. The van der Waals surface area contributed by atoms with Crippen LogP contribution in [0.4, 0.5) is 0 Å². The Hall–Kier alpha value is -0.610. The SMILES string of the molecule is CCCN1CCN(C(=O)[C@H](N)C(C)(C)C)CC1. The lowest BCUT2D eigenvalue weighted by atomic mass is 9.86. The summed E-state index contributed by atoms with van der Waals surface area (Å²) in [6.07, 6.45) is 1.18. The summed E-state index contributed by atoms with van der Waals surface area (Å²) in [6, 6.07) is -0.389. The number of amides is 1. The second kappa shape index (κ2) is 5.83. The molecule has 1 saturated heterocycles. The van der Waals surface area contributed by atoms with Gasteiger partial charge in [0, 0.05) is 26.2 Å². The van der Waals surface area contributed by atoms with Gasteiger partial charge in [0.25, 0.3) is 0 Å². The number of hydrogen-bond donors (Lipinski definition) is 1. The third-order valence-electron chi connectivity index (χ3n) is 3.42. The molecule has 1 rings (SSSR count). The van der Waals surface area contributed by atoms with Crippen molar-refractivity contribution in [3.63, 3.8) is 0 Å². The van der Waals surface area contributed by atoms with E-state index >= 15 is 0 Å². The largest absolute Gasteiger partial charge is 0.339 e. The van der Waals surface area contributed by atoms with Crippen molar-refractivity contribution >= 4 is 5.91 Å². The predicted octanol–water partition coefficient (Wildman–Crippen LogP) is 0.914. The minimum atomic E-state index is -0.389. The topological polar surface area (TPSA) is 49.6 Å². The zero-order valence-electron chi connectivity index (χ0n) is 11.7. The molecule has 4 nitrogen and oxygen atoms in total. The van der Waals surface area contributed by atoms with Gasteiger partial charge in [-0.3, -0.25) is 9.69 Å². The number of carbonyl (C=O) groups is 1. The monoisotopic (exact) mass is 241 g/mol. The maximum absolute atomic E-state index is 12.2. The van der Waals surface area contributed by atoms with Crippen LogP contribution in [0.2, 0.25) is 0 Å². The summed E-state index contributed by atoms with van der Waals surface area (Å²) in [5, 5.41) is 0. The van der Waals surface area contributed by atoms with Crippen LogP contribution in [-0.4, -0.2) is 54.5 Å². The molecule has 0 aliphatic carbocycles. The molecule has 100 valence electrons. The molecule has 2 N–H and O–H groups in total. The van der Waals surface area contributed by atoms with Gasteiger partial charge in [0.1, 0.15) is 0 Å². The molecule has 0 aromatic heterocycles. The van der Waals surface area contributed by atoms with Gasteiger partial charge in [0.05, 0.1) is 6.04 Å². The summed E-state index contributed by atoms with van der Waals surface area (Å²) >= 11 is 0. The van der Waals surface area contributed by atoms with Crippen molar-refractivity contribution in [2.24, 2.45) is 11.1 Å². The molecule has 17 heavy (non-hydrogen) atoms. The first kappa shape index (κ1) is 14.5. The Bertz CT molecular complexity index is 252. The molecule has 0 bridgehead atoms. The molecular formula is C13H27N3O. The summed E-state index contributed by atoms with van der Waals surface area (Å²) in [5.41, 5.74) is 5.86. The molecule has 1 atom stereocenters. The minimum Gasteiger partial charge on any atom is -0.339 e. The van der Waals surface area contributed by atoms with E-state index in [-0.39, 0.29) is 17.4 Å². The smallest absolute Gasteiger partial charge is 0.240 e. The molecule has 1 aliphatic rings. The molecule has 0 spiro atoms. The number of nitrogens with two attached hydrogens (primary N) is 1. The quantitative estimate of drug-likeness (QED) is 0.799. The highest BCUT2D eigenvalue weighted by atomic mass is 16.2. The van der Waals surface area contributed by atoms with Crippen LogP contribution < -0.4 is 5.73 Å². The fourth-order valence-electron chi connectivity index (χ4n) is 2.08. The number of piperazine rings is 1. The molecule has 1 aliphatic heterocycles. The lowest BCUT2D eigenvalue weighted by molar-refractivity contribution is -0.136. The van der Waals surface area contributed by atoms with Gasteiger partial charge in [-0.25, -0.2) is 0 Å². The lowest BCUT2D eigenvalue weighted by Crippen LogP contribution is -2.56. The van der Waals surface area contributed by atoms with Gasteiger partial charge < -0.3 is 10.6 Å². The third kappa shape index (κ3) is 3.96.